The Labute approximate surface area is 143 Å². The molecule has 2 heterocycles. The standard InChI is InChI=1S/C18H17BrN2O2/c1-11-3-6-13(7-4-11)21-17(22)20-15-10-18(21,2)23-16-8-5-12(19)9-14(15)16/h3-9,15H,10H2,1-2H3,(H,20,22)/t15-,18-/m0/s1. The third-order valence-electron chi connectivity index (χ3n) is 4.53. The monoisotopic (exact) mass is 372 g/mol. The van der Waals surface area contributed by atoms with Crippen molar-refractivity contribution < 1.29 is 9.53 Å². The van der Waals surface area contributed by atoms with E-state index in [4.69, 9.17) is 4.74 Å². The second kappa shape index (κ2) is 4.99. The van der Waals surface area contributed by atoms with Crippen LogP contribution in [0.2, 0.25) is 0 Å². The molecule has 0 radical (unpaired) electrons. The zero-order valence-corrected chi connectivity index (χ0v) is 14.6. The molecule has 1 saturated heterocycles. The highest BCUT2D eigenvalue weighted by atomic mass is 79.9. The van der Waals surface area contributed by atoms with Crippen LogP contribution in [0, 0.1) is 6.92 Å². The highest BCUT2D eigenvalue weighted by Gasteiger charge is 2.49. The summed E-state index contributed by atoms with van der Waals surface area (Å²) in [6, 6.07) is 13.7. The van der Waals surface area contributed by atoms with E-state index in [1.165, 1.54) is 0 Å². The first-order valence-electron chi connectivity index (χ1n) is 7.62. The lowest BCUT2D eigenvalue weighted by atomic mass is 9.90. The molecule has 2 aromatic carbocycles. The summed E-state index contributed by atoms with van der Waals surface area (Å²) >= 11 is 3.49. The topological polar surface area (TPSA) is 41.6 Å². The molecule has 0 saturated carbocycles. The first-order valence-corrected chi connectivity index (χ1v) is 8.41. The molecule has 2 amide bonds. The van der Waals surface area contributed by atoms with Crippen LogP contribution < -0.4 is 15.0 Å². The predicted octanol–water partition coefficient (Wildman–Crippen LogP) is 4.53. The number of hydrogen-bond donors (Lipinski definition) is 1. The third-order valence-corrected chi connectivity index (χ3v) is 5.02. The van der Waals surface area contributed by atoms with Crippen molar-refractivity contribution in [3.8, 4) is 5.75 Å². The zero-order valence-electron chi connectivity index (χ0n) is 13.0. The van der Waals surface area contributed by atoms with Crippen LogP contribution in [0.25, 0.3) is 0 Å². The van der Waals surface area contributed by atoms with Gasteiger partial charge in [-0.25, -0.2) is 4.79 Å². The van der Waals surface area contributed by atoms with Crippen LogP contribution in [0.5, 0.6) is 5.75 Å². The van der Waals surface area contributed by atoms with E-state index < -0.39 is 5.72 Å². The molecule has 5 heteroatoms. The summed E-state index contributed by atoms with van der Waals surface area (Å²) in [5, 5.41) is 3.11. The number of halogens is 1. The number of fused-ring (bicyclic) bond motifs is 4. The Balaban J connectivity index is 1.79. The van der Waals surface area contributed by atoms with Crippen LogP contribution in [-0.2, 0) is 0 Å². The van der Waals surface area contributed by atoms with E-state index in [1.54, 1.807) is 4.90 Å². The minimum Gasteiger partial charge on any atom is -0.467 e. The van der Waals surface area contributed by atoms with Crippen LogP contribution in [-0.4, -0.2) is 11.8 Å². The lowest BCUT2D eigenvalue weighted by Gasteiger charge is -2.50. The summed E-state index contributed by atoms with van der Waals surface area (Å²) < 4.78 is 7.24. The van der Waals surface area contributed by atoms with Crippen molar-refractivity contribution in [1.82, 2.24) is 5.32 Å². The Morgan fingerprint density at radius 2 is 2.00 bits per heavy atom. The summed E-state index contributed by atoms with van der Waals surface area (Å²) in [6.07, 6.45) is 0.704. The highest BCUT2D eigenvalue weighted by molar-refractivity contribution is 9.10. The number of nitrogens with zero attached hydrogens (tertiary/aromatic N) is 1. The van der Waals surface area contributed by atoms with Gasteiger partial charge in [0.05, 0.1) is 6.04 Å². The van der Waals surface area contributed by atoms with Crippen molar-refractivity contribution in [2.75, 3.05) is 4.90 Å². The number of ether oxygens (including phenoxy) is 1. The Morgan fingerprint density at radius 1 is 1.26 bits per heavy atom. The van der Waals surface area contributed by atoms with Crippen molar-refractivity contribution in [2.45, 2.75) is 32.0 Å². The number of rotatable bonds is 1. The van der Waals surface area contributed by atoms with Gasteiger partial charge in [0.15, 0.2) is 5.72 Å². The maximum absolute atomic E-state index is 12.7. The van der Waals surface area contributed by atoms with E-state index in [0.29, 0.717) is 6.42 Å². The summed E-state index contributed by atoms with van der Waals surface area (Å²) in [4.78, 5) is 14.4. The maximum atomic E-state index is 12.7. The van der Waals surface area contributed by atoms with Crippen molar-refractivity contribution in [2.24, 2.45) is 0 Å². The summed E-state index contributed by atoms with van der Waals surface area (Å²) in [5.74, 6) is 0.823. The molecule has 1 fully saturated rings. The predicted molar refractivity (Wildman–Crippen MR) is 92.7 cm³/mol. The van der Waals surface area contributed by atoms with Gasteiger partial charge in [0.25, 0.3) is 0 Å². The third kappa shape index (κ3) is 2.30. The molecule has 23 heavy (non-hydrogen) atoms. The first kappa shape index (κ1) is 14.6. The highest BCUT2D eigenvalue weighted by Crippen LogP contribution is 2.46. The van der Waals surface area contributed by atoms with Gasteiger partial charge in [-0.3, -0.25) is 4.90 Å². The van der Waals surface area contributed by atoms with Gasteiger partial charge in [-0.1, -0.05) is 33.6 Å². The molecule has 0 unspecified atom stereocenters. The van der Waals surface area contributed by atoms with Gasteiger partial charge in [-0.05, 0) is 44.2 Å². The van der Waals surface area contributed by atoms with E-state index in [2.05, 4.69) is 21.2 Å². The number of nitrogens with one attached hydrogen (secondary N) is 1. The maximum Gasteiger partial charge on any atom is 0.325 e. The van der Waals surface area contributed by atoms with E-state index in [1.807, 2.05) is 56.3 Å². The van der Waals surface area contributed by atoms with Crippen molar-refractivity contribution in [3.63, 3.8) is 0 Å². The second-order valence-electron chi connectivity index (χ2n) is 6.34. The van der Waals surface area contributed by atoms with Gasteiger partial charge in [-0.15, -0.1) is 0 Å². The van der Waals surface area contributed by atoms with Crippen LogP contribution in [0.1, 0.15) is 30.5 Å². The molecule has 2 aromatic rings. The number of aryl methyl sites for hydroxylation is 1. The number of benzene rings is 2. The normalized spacial score (nSPS) is 25.4. The first-order chi connectivity index (χ1) is 11.0. The number of anilines is 1. The molecular weight excluding hydrogens is 356 g/mol. The molecular formula is C18H17BrN2O2. The molecule has 0 aliphatic carbocycles. The van der Waals surface area contributed by atoms with E-state index in [0.717, 1.165) is 27.0 Å². The zero-order chi connectivity index (χ0) is 16.2. The van der Waals surface area contributed by atoms with E-state index in [9.17, 15) is 4.79 Å². The fraction of sp³-hybridized carbons (Fsp3) is 0.278. The van der Waals surface area contributed by atoms with Crippen LogP contribution in [0.15, 0.2) is 46.9 Å². The molecule has 118 valence electrons. The average Bonchev–Trinajstić information content (AvgIpc) is 2.49. The summed E-state index contributed by atoms with van der Waals surface area (Å²) in [5.41, 5.74) is 2.33. The molecule has 0 spiro atoms. The van der Waals surface area contributed by atoms with Gasteiger partial charge >= 0.3 is 6.03 Å². The van der Waals surface area contributed by atoms with Crippen molar-refractivity contribution >= 4 is 27.6 Å². The molecule has 1 N–H and O–H groups in total. The van der Waals surface area contributed by atoms with Crippen LogP contribution in [0.3, 0.4) is 0 Å². The van der Waals surface area contributed by atoms with E-state index >= 15 is 0 Å². The van der Waals surface area contributed by atoms with E-state index in [-0.39, 0.29) is 12.1 Å². The largest absolute Gasteiger partial charge is 0.467 e. The lowest BCUT2D eigenvalue weighted by Crippen LogP contribution is -2.65. The summed E-state index contributed by atoms with van der Waals surface area (Å²) in [6.45, 7) is 4.01. The van der Waals surface area contributed by atoms with Crippen LogP contribution >= 0.6 is 15.9 Å². The molecule has 0 aromatic heterocycles. The molecule has 2 atom stereocenters. The minimum absolute atomic E-state index is 0.0320. The van der Waals surface area contributed by atoms with Gasteiger partial charge in [-0.2, -0.15) is 0 Å². The average molecular weight is 373 g/mol. The number of amides is 2. The minimum atomic E-state index is -0.691. The molecule has 2 aliphatic heterocycles. The van der Waals surface area contributed by atoms with Gasteiger partial charge in [0.2, 0.25) is 0 Å². The van der Waals surface area contributed by atoms with Gasteiger partial charge in [0.1, 0.15) is 5.75 Å². The lowest BCUT2D eigenvalue weighted by molar-refractivity contribution is 0.0378. The SMILES string of the molecule is Cc1ccc(N2C(=O)N[C@H]3C[C@]2(C)Oc2ccc(Br)cc23)cc1. The summed E-state index contributed by atoms with van der Waals surface area (Å²) in [7, 11) is 0. The Morgan fingerprint density at radius 3 is 2.74 bits per heavy atom. The molecule has 4 rings (SSSR count). The van der Waals surface area contributed by atoms with Crippen molar-refractivity contribution in [1.29, 1.82) is 0 Å². The number of hydrogen-bond acceptors (Lipinski definition) is 2. The molecule has 2 aliphatic rings. The smallest absolute Gasteiger partial charge is 0.325 e. The van der Waals surface area contributed by atoms with Gasteiger partial charge in [0, 0.05) is 22.1 Å². The van der Waals surface area contributed by atoms with Crippen molar-refractivity contribution in [3.05, 3.63) is 58.1 Å². The fourth-order valence-electron chi connectivity index (χ4n) is 3.43. The Hall–Kier alpha value is -2.01. The number of carbonyl (C=O) groups excluding carboxylic acids is 1. The Bertz CT molecular complexity index is 790. The molecule has 4 nitrogen and oxygen atoms in total. The van der Waals surface area contributed by atoms with Gasteiger partial charge < -0.3 is 10.1 Å². The fourth-order valence-corrected chi connectivity index (χ4v) is 3.81. The Kier molecular flexibility index (Phi) is 3.17. The number of carbonyl (C=O) groups is 1. The second-order valence-corrected chi connectivity index (χ2v) is 7.25. The van der Waals surface area contributed by atoms with Crippen LogP contribution in [0.4, 0.5) is 10.5 Å². The quantitative estimate of drug-likeness (QED) is 0.798. The molecule has 2 bridgehead atoms. The number of urea groups is 1.